The highest BCUT2D eigenvalue weighted by molar-refractivity contribution is 6.84. The van der Waals surface area contributed by atoms with Gasteiger partial charge in [-0.15, -0.1) is 0 Å². The van der Waals surface area contributed by atoms with E-state index in [0.717, 1.165) is 0 Å². The molecule has 0 amide bonds. The summed E-state index contributed by atoms with van der Waals surface area (Å²) in [5, 5.41) is 0. The standard InChI is InChI=1S/C7H22O3Si3/c1-11(2,3)9-13(7,8)10-12(4,5)6/h8H,1-7H3. The fourth-order valence-corrected chi connectivity index (χ4v) is 10.8. The van der Waals surface area contributed by atoms with Crippen molar-refractivity contribution < 1.29 is 13.0 Å². The number of rotatable bonds is 4. The van der Waals surface area contributed by atoms with Gasteiger partial charge >= 0.3 is 8.80 Å². The Kier molecular flexibility index (Phi) is 4.11. The molecule has 0 radical (unpaired) electrons. The zero-order valence-corrected chi connectivity index (χ0v) is 12.8. The molecule has 3 nitrogen and oxygen atoms in total. The molecule has 0 atom stereocenters. The highest BCUT2D eigenvalue weighted by Crippen LogP contribution is 2.17. The molecule has 0 fully saturated rings. The minimum absolute atomic E-state index is 1.68. The smallest absolute Gasteiger partial charge is 0.417 e. The molecular formula is C7H22O3Si3. The molecule has 0 saturated heterocycles. The zero-order chi connectivity index (χ0) is 10.9. The van der Waals surface area contributed by atoms with Crippen molar-refractivity contribution in [3.05, 3.63) is 0 Å². The van der Waals surface area contributed by atoms with Crippen molar-refractivity contribution in [2.45, 2.75) is 45.8 Å². The second-order valence-corrected chi connectivity index (χ2v) is 17.2. The lowest BCUT2D eigenvalue weighted by Gasteiger charge is -2.33. The van der Waals surface area contributed by atoms with Crippen molar-refractivity contribution in [3.63, 3.8) is 0 Å². The van der Waals surface area contributed by atoms with E-state index in [1.165, 1.54) is 0 Å². The van der Waals surface area contributed by atoms with E-state index in [2.05, 4.69) is 39.3 Å². The number of hydrogen-bond acceptors (Lipinski definition) is 3. The maximum Gasteiger partial charge on any atom is 0.473 e. The first-order valence-electron chi connectivity index (χ1n) is 4.54. The van der Waals surface area contributed by atoms with Gasteiger partial charge in [0.2, 0.25) is 0 Å². The largest absolute Gasteiger partial charge is 0.473 e. The van der Waals surface area contributed by atoms with Gasteiger partial charge in [-0.25, -0.2) is 0 Å². The van der Waals surface area contributed by atoms with Crippen LogP contribution in [0.25, 0.3) is 0 Å². The van der Waals surface area contributed by atoms with Crippen LogP contribution in [-0.4, -0.2) is 30.2 Å². The summed E-state index contributed by atoms with van der Waals surface area (Å²) in [6.45, 7) is 14.1. The average molecular weight is 239 g/mol. The van der Waals surface area contributed by atoms with Crippen LogP contribution in [0.15, 0.2) is 0 Å². The molecule has 0 aliphatic heterocycles. The van der Waals surface area contributed by atoms with Crippen LogP contribution in [0.2, 0.25) is 45.8 Å². The molecule has 1 N–H and O–H groups in total. The molecule has 0 heterocycles. The second kappa shape index (κ2) is 3.95. The Morgan fingerprint density at radius 3 is 1.08 bits per heavy atom. The van der Waals surface area contributed by atoms with Crippen molar-refractivity contribution >= 4 is 25.4 Å². The highest BCUT2D eigenvalue weighted by Gasteiger charge is 2.39. The second-order valence-electron chi connectivity index (χ2n) is 5.33. The van der Waals surface area contributed by atoms with E-state index >= 15 is 0 Å². The Hall–Kier alpha value is 0.531. The van der Waals surface area contributed by atoms with Gasteiger partial charge in [0.15, 0.2) is 16.6 Å². The van der Waals surface area contributed by atoms with Crippen LogP contribution >= 0.6 is 0 Å². The molecule has 0 aliphatic carbocycles. The lowest BCUT2D eigenvalue weighted by Crippen LogP contribution is -2.52. The van der Waals surface area contributed by atoms with Crippen molar-refractivity contribution in [2.24, 2.45) is 0 Å². The van der Waals surface area contributed by atoms with Gasteiger partial charge in [-0.3, -0.25) is 0 Å². The molecule has 0 unspecified atom stereocenters. The van der Waals surface area contributed by atoms with Gasteiger partial charge in [0.25, 0.3) is 0 Å². The van der Waals surface area contributed by atoms with E-state index in [1.54, 1.807) is 6.55 Å². The Morgan fingerprint density at radius 1 is 0.692 bits per heavy atom. The van der Waals surface area contributed by atoms with E-state index in [4.69, 9.17) is 8.23 Å². The van der Waals surface area contributed by atoms with Gasteiger partial charge in [-0.2, -0.15) is 0 Å². The van der Waals surface area contributed by atoms with Gasteiger partial charge in [0.1, 0.15) is 0 Å². The van der Waals surface area contributed by atoms with Crippen molar-refractivity contribution in [3.8, 4) is 0 Å². The summed E-state index contributed by atoms with van der Waals surface area (Å²) in [6.07, 6.45) is 0. The van der Waals surface area contributed by atoms with E-state index < -0.39 is 25.4 Å². The molecule has 0 bridgehead atoms. The zero-order valence-electron chi connectivity index (χ0n) is 9.76. The summed E-state index contributed by atoms with van der Waals surface area (Å²) >= 11 is 0. The van der Waals surface area contributed by atoms with E-state index in [-0.39, 0.29) is 0 Å². The van der Waals surface area contributed by atoms with Crippen LogP contribution in [0.1, 0.15) is 0 Å². The maximum absolute atomic E-state index is 9.95. The first-order valence-corrected chi connectivity index (χ1v) is 13.6. The lowest BCUT2D eigenvalue weighted by atomic mass is 11.8. The average Bonchev–Trinajstić information content (AvgIpc) is 1.43. The number of hydrogen-bond donors (Lipinski definition) is 1. The fourth-order valence-electron chi connectivity index (χ4n) is 1.16. The molecule has 0 aliphatic rings. The van der Waals surface area contributed by atoms with Crippen molar-refractivity contribution in [1.82, 2.24) is 0 Å². The van der Waals surface area contributed by atoms with E-state index in [0.29, 0.717) is 0 Å². The van der Waals surface area contributed by atoms with Gasteiger partial charge < -0.3 is 13.0 Å². The molecule has 0 spiro atoms. The minimum atomic E-state index is -2.85. The Bertz CT molecular complexity index is 151. The summed E-state index contributed by atoms with van der Waals surface area (Å²) in [5.41, 5.74) is 0. The van der Waals surface area contributed by atoms with E-state index in [1.807, 2.05) is 0 Å². The molecule has 80 valence electrons. The van der Waals surface area contributed by atoms with E-state index in [9.17, 15) is 4.80 Å². The van der Waals surface area contributed by atoms with Gasteiger partial charge in [0.05, 0.1) is 0 Å². The molecule has 0 aromatic carbocycles. The predicted molar refractivity (Wildman–Crippen MR) is 62.7 cm³/mol. The first kappa shape index (κ1) is 13.5. The molecule has 0 saturated carbocycles. The molecule has 0 aromatic rings. The van der Waals surface area contributed by atoms with Crippen molar-refractivity contribution in [2.75, 3.05) is 0 Å². The topological polar surface area (TPSA) is 38.7 Å². The monoisotopic (exact) mass is 238 g/mol. The van der Waals surface area contributed by atoms with Crippen LogP contribution in [0.3, 0.4) is 0 Å². The predicted octanol–water partition coefficient (Wildman–Crippen LogP) is 2.25. The van der Waals surface area contributed by atoms with Crippen LogP contribution in [0.5, 0.6) is 0 Å². The van der Waals surface area contributed by atoms with Crippen LogP contribution < -0.4 is 0 Å². The summed E-state index contributed by atoms with van der Waals surface area (Å²) in [7, 11) is -6.22. The molecule has 13 heavy (non-hydrogen) atoms. The first-order chi connectivity index (χ1) is 5.41. The van der Waals surface area contributed by atoms with Crippen LogP contribution in [-0.2, 0) is 8.23 Å². The molecule has 0 rings (SSSR count). The Labute approximate surface area is 84.7 Å². The molecular weight excluding hydrogens is 216 g/mol. The highest BCUT2D eigenvalue weighted by atomic mass is 28.5. The SMILES string of the molecule is C[Si](C)(C)O[Si](C)(O)O[Si](C)(C)C. The summed E-state index contributed by atoms with van der Waals surface area (Å²) in [6, 6.07) is 0. The third kappa shape index (κ3) is 8.85. The Morgan fingerprint density at radius 2 is 0.923 bits per heavy atom. The van der Waals surface area contributed by atoms with Gasteiger partial charge in [0, 0.05) is 6.55 Å². The van der Waals surface area contributed by atoms with Crippen LogP contribution in [0.4, 0.5) is 0 Å². The third-order valence-electron chi connectivity index (χ3n) is 0.991. The Balaban J connectivity index is 4.25. The summed E-state index contributed by atoms with van der Waals surface area (Å²) in [4.78, 5) is 9.95. The summed E-state index contributed by atoms with van der Waals surface area (Å²) < 4.78 is 11.3. The minimum Gasteiger partial charge on any atom is -0.417 e. The molecule has 6 heteroatoms. The maximum atomic E-state index is 9.95. The van der Waals surface area contributed by atoms with Gasteiger partial charge in [-0.05, 0) is 39.3 Å². The lowest BCUT2D eigenvalue weighted by molar-refractivity contribution is 0.255. The fraction of sp³-hybridized carbons (Fsp3) is 1.00. The van der Waals surface area contributed by atoms with Crippen LogP contribution in [0, 0.1) is 0 Å². The van der Waals surface area contributed by atoms with Gasteiger partial charge in [-0.1, -0.05) is 0 Å². The quantitative estimate of drug-likeness (QED) is 0.764. The third-order valence-corrected chi connectivity index (χ3v) is 8.92. The normalized spacial score (nSPS) is 14.8. The van der Waals surface area contributed by atoms with Crippen molar-refractivity contribution in [1.29, 1.82) is 0 Å². The molecule has 0 aromatic heterocycles. The summed E-state index contributed by atoms with van der Waals surface area (Å²) in [5.74, 6) is 0.